The van der Waals surface area contributed by atoms with Crippen LogP contribution in [0.5, 0.6) is 0 Å². The number of aliphatic imine (C=N–C) groups is 1. The fraction of sp³-hybridized carbons (Fsp3) is 0.643. The summed E-state index contributed by atoms with van der Waals surface area (Å²) in [6, 6.07) is 4.01. The highest BCUT2D eigenvalue weighted by atomic mass is 35.5. The molecule has 2 heterocycles. The number of ether oxygens (including phenoxy) is 1. The maximum atomic E-state index is 5.92. The van der Waals surface area contributed by atoms with Crippen molar-refractivity contribution in [1.29, 1.82) is 0 Å². The summed E-state index contributed by atoms with van der Waals surface area (Å²) >= 11 is 7.55. The van der Waals surface area contributed by atoms with E-state index in [-0.39, 0.29) is 0 Å². The van der Waals surface area contributed by atoms with Gasteiger partial charge in [0, 0.05) is 44.6 Å². The standard InChI is InChI=1S/C14H23ClN4OS/c1-16-14(17-5-4-12-2-3-13(15)21-12)18-6-7-19-8-10-20-11-9-19/h2-3H,4-11H2,1H3,(H2,16,17,18). The average Bonchev–Trinajstić information content (AvgIpc) is 2.92. The SMILES string of the molecule is CN=C(NCCc1ccc(Cl)s1)NCCN1CCOCC1. The maximum absolute atomic E-state index is 5.92. The van der Waals surface area contributed by atoms with E-state index in [2.05, 4.69) is 26.6 Å². The van der Waals surface area contributed by atoms with Gasteiger partial charge in [-0.3, -0.25) is 9.89 Å². The van der Waals surface area contributed by atoms with Crippen LogP contribution in [0.2, 0.25) is 4.34 Å². The van der Waals surface area contributed by atoms with E-state index in [9.17, 15) is 0 Å². The Morgan fingerprint density at radius 1 is 1.33 bits per heavy atom. The van der Waals surface area contributed by atoms with Gasteiger partial charge in [-0.2, -0.15) is 0 Å². The Kier molecular flexibility index (Phi) is 7.29. The third kappa shape index (κ3) is 6.22. The van der Waals surface area contributed by atoms with Crippen LogP contribution in [0.1, 0.15) is 4.88 Å². The lowest BCUT2D eigenvalue weighted by Crippen LogP contribution is -2.44. The number of hydrogen-bond acceptors (Lipinski definition) is 4. The van der Waals surface area contributed by atoms with Gasteiger partial charge in [0.15, 0.2) is 5.96 Å². The third-order valence-electron chi connectivity index (χ3n) is 3.34. The molecule has 2 N–H and O–H groups in total. The molecule has 1 saturated heterocycles. The average molecular weight is 331 g/mol. The lowest BCUT2D eigenvalue weighted by molar-refractivity contribution is 0.0389. The lowest BCUT2D eigenvalue weighted by atomic mass is 10.3. The van der Waals surface area contributed by atoms with Crippen molar-refractivity contribution in [2.75, 3.05) is 53.0 Å². The second-order valence-corrected chi connectivity index (χ2v) is 6.64. The first-order valence-electron chi connectivity index (χ1n) is 7.27. The van der Waals surface area contributed by atoms with E-state index in [1.807, 2.05) is 6.07 Å². The Bertz CT molecular complexity index is 446. The normalized spacial score (nSPS) is 17.0. The molecule has 0 amide bonds. The van der Waals surface area contributed by atoms with Crippen molar-refractivity contribution < 1.29 is 4.74 Å². The highest BCUT2D eigenvalue weighted by Gasteiger charge is 2.09. The van der Waals surface area contributed by atoms with Gasteiger partial charge in [-0.1, -0.05) is 11.6 Å². The molecule has 0 aromatic carbocycles. The molecule has 0 atom stereocenters. The van der Waals surface area contributed by atoms with Crippen molar-refractivity contribution in [1.82, 2.24) is 15.5 Å². The summed E-state index contributed by atoms with van der Waals surface area (Å²) < 4.78 is 6.18. The van der Waals surface area contributed by atoms with E-state index in [1.54, 1.807) is 18.4 Å². The molecular weight excluding hydrogens is 308 g/mol. The number of rotatable bonds is 6. The highest BCUT2D eigenvalue weighted by Crippen LogP contribution is 2.21. The summed E-state index contributed by atoms with van der Waals surface area (Å²) in [6.45, 7) is 6.50. The number of hydrogen-bond donors (Lipinski definition) is 2. The topological polar surface area (TPSA) is 48.9 Å². The fourth-order valence-corrected chi connectivity index (χ4v) is 3.26. The summed E-state index contributed by atoms with van der Waals surface area (Å²) in [7, 11) is 1.80. The number of halogens is 1. The van der Waals surface area contributed by atoms with Crippen molar-refractivity contribution in [2.24, 2.45) is 4.99 Å². The highest BCUT2D eigenvalue weighted by molar-refractivity contribution is 7.16. The minimum Gasteiger partial charge on any atom is -0.379 e. The van der Waals surface area contributed by atoms with Crippen molar-refractivity contribution in [2.45, 2.75) is 6.42 Å². The first kappa shape index (κ1) is 16.5. The molecule has 1 fully saturated rings. The predicted octanol–water partition coefficient (Wildman–Crippen LogP) is 1.44. The zero-order valence-electron chi connectivity index (χ0n) is 12.4. The Balaban J connectivity index is 1.59. The van der Waals surface area contributed by atoms with Gasteiger partial charge in [0.1, 0.15) is 0 Å². The van der Waals surface area contributed by atoms with E-state index in [1.165, 1.54) is 4.88 Å². The minimum atomic E-state index is 0.844. The molecule has 0 aliphatic carbocycles. The van der Waals surface area contributed by atoms with Gasteiger partial charge in [-0.25, -0.2) is 0 Å². The number of guanidine groups is 1. The molecule has 2 rings (SSSR count). The molecule has 0 bridgehead atoms. The Morgan fingerprint density at radius 2 is 2.10 bits per heavy atom. The van der Waals surface area contributed by atoms with Crippen LogP contribution in [0.25, 0.3) is 0 Å². The van der Waals surface area contributed by atoms with Crippen LogP contribution < -0.4 is 10.6 Å². The van der Waals surface area contributed by atoms with Crippen molar-refractivity contribution >= 4 is 28.9 Å². The van der Waals surface area contributed by atoms with Gasteiger partial charge in [-0.15, -0.1) is 11.3 Å². The van der Waals surface area contributed by atoms with Gasteiger partial charge in [0.25, 0.3) is 0 Å². The molecule has 1 aliphatic heterocycles. The zero-order chi connectivity index (χ0) is 14.9. The summed E-state index contributed by atoms with van der Waals surface area (Å²) in [5.41, 5.74) is 0. The van der Waals surface area contributed by atoms with Crippen molar-refractivity contribution in [3.05, 3.63) is 21.3 Å². The molecule has 5 nitrogen and oxygen atoms in total. The van der Waals surface area contributed by atoms with Crippen LogP contribution in [-0.2, 0) is 11.2 Å². The Morgan fingerprint density at radius 3 is 2.76 bits per heavy atom. The predicted molar refractivity (Wildman–Crippen MR) is 89.7 cm³/mol. The quantitative estimate of drug-likeness (QED) is 0.612. The maximum Gasteiger partial charge on any atom is 0.191 e. The fourth-order valence-electron chi connectivity index (χ4n) is 2.17. The van der Waals surface area contributed by atoms with E-state index < -0.39 is 0 Å². The van der Waals surface area contributed by atoms with Crippen LogP contribution >= 0.6 is 22.9 Å². The molecule has 0 spiro atoms. The van der Waals surface area contributed by atoms with Gasteiger partial charge in [0.05, 0.1) is 17.6 Å². The molecule has 7 heteroatoms. The van der Waals surface area contributed by atoms with Crippen LogP contribution in [-0.4, -0.2) is 63.8 Å². The van der Waals surface area contributed by atoms with Gasteiger partial charge in [-0.05, 0) is 18.6 Å². The minimum absolute atomic E-state index is 0.844. The smallest absolute Gasteiger partial charge is 0.191 e. The summed E-state index contributed by atoms with van der Waals surface area (Å²) in [5, 5.41) is 6.67. The largest absolute Gasteiger partial charge is 0.379 e. The van der Waals surface area contributed by atoms with Crippen molar-refractivity contribution in [3.63, 3.8) is 0 Å². The van der Waals surface area contributed by atoms with Crippen LogP contribution in [0.4, 0.5) is 0 Å². The van der Waals surface area contributed by atoms with Gasteiger partial charge >= 0.3 is 0 Å². The molecule has 0 unspecified atom stereocenters. The summed E-state index contributed by atoms with van der Waals surface area (Å²) in [6.07, 6.45) is 0.960. The first-order valence-corrected chi connectivity index (χ1v) is 8.46. The first-order chi connectivity index (χ1) is 10.3. The van der Waals surface area contributed by atoms with Crippen LogP contribution in [0.15, 0.2) is 17.1 Å². The van der Waals surface area contributed by atoms with E-state index in [0.717, 1.165) is 62.7 Å². The molecule has 118 valence electrons. The molecule has 1 aromatic heterocycles. The van der Waals surface area contributed by atoms with E-state index in [4.69, 9.17) is 16.3 Å². The second kappa shape index (κ2) is 9.25. The zero-order valence-corrected chi connectivity index (χ0v) is 14.0. The molecular formula is C14H23ClN4OS. The molecule has 1 aromatic rings. The Hall–Kier alpha value is -0.820. The summed E-state index contributed by atoms with van der Waals surface area (Å²) in [4.78, 5) is 7.92. The van der Waals surface area contributed by atoms with Crippen LogP contribution in [0, 0.1) is 0 Å². The number of morpholine rings is 1. The Labute approximate surface area is 135 Å². The van der Waals surface area contributed by atoms with Crippen LogP contribution in [0.3, 0.4) is 0 Å². The molecule has 21 heavy (non-hydrogen) atoms. The van der Waals surface area contributed by atoms with E-state index >= 15 is 0 Å². The monoisotopic (exact) mass is 330 g/mol. The van der Waals surface area contributed by atoms with Gasteiger partial charge < -0.3 is 15.4 Å². The molecule has 0 radical (unpaired) electrons. The molecule has 0 saturated carbocycles. The molecule has 1 aliphatic rings. The number of nitrogens with zero attached hydrogens (tertiary/aromatic N) is 2. The number of nitrogens with one attached hydrogen (secondary N) is 2. The van der Waals surface area contributed by atoms with E-state index in [0.29, 0.717) is 0 Å². The van der Waals surface area contributed by atoms with Gasteiger partial charge in [0.2, 0.25) is 0 Å². The lowest BCUT2D eigenvalue weighted by Gasteiger charge is -2.26. The summed E-state index contributed by atoms with van der Waals surface area (Å²) in [5.74, 6) is 0.853. The number of thiophene rings is 1. The van der Waals surface area contributed by atoms with Crippen molar-refractivity contribution in [3.8, 4) is 0 Å². The third-order valence-corrected chi connectivity index (χ3v) is 4.63. The second-order valence-electron chi connectivity index (χ2n) is 4.84.